The Hall–Kier alpha value is -8.28. The van der Waals surface area contributed by atoms with Gasteiger partial charge in [0.15, 0.2) is 17.5 Å². The molecule has 3 aromatic heterocycles. The van der Waals surface area contributed by atoms with Crippen LogP contribution in [0.1, 0.15) is 6.85 Å². The minimum absolute atomic E-state index is 0.0440. The van der Waals surface area contributed by atoms with E-state index in [-0.39, 0.29) is 23.0 Å². The molecule has 3 heterocycles. The van der Waals surface area contributed by atoms with Crippen LogP contribution < -0.4 is 0 Å². The molecule has 11 rings (SSSR count). The van der Waals surface area contributed by atoms with Crippen LogP contribution in [-0.4, -0.2) is 24.5 Å². The maximum absolute atomic E-state index is 8.98. The van der Waals surface area contributed by atoms with Gasteiger partial charge in [-0.2, -0.15) is 0 Å². The van der Waals surface area contributed by atoms with Crippen molar-refractivity contribution < 1.29 is 6.85 Å². The van der Waals surface area contributed by atoms with Gasteiger partial charge < -0.3 is 4.57 Å². The Labute approximate surface area is 361 Å². The third kappa shape index (κ3) is 6.84. The van der Waals surface area contributed by atoms with E-state index in [2.05, 4.69) is 95.6 Å². The van der Waals surface area contributed by atoms with E-state index in [4.69, 9.17) is 26.8 Å². The van der Waals surface area contributed by atoms with Crippen molar-refractivity contribution >= 4 is 21.8 Å². The third-order valence-electron chi connectivity index (χ3n) is 10.9. The lowest BCUT2D eigenvalue weighted by Crippen LogP contribution is -2.04. The average Bonchev–Trinajstić information content (AvgIpc) is 3.71. The summed E-state index contributed by atoms with van der Waals surface area (Å²) in [5, 5.41) is 2.12. The number of hydrogen-bond donors (Lipinski definition) is 0. The summed E-state index contributed by atoms with van der Waals surface area (Å²) in [6.45, 7) is 0. The largest absolute Gasteiger partial charge is 0.309 e. The second-order valence-electron chi connectivity index (χ2n) is 14.7. The van der Waals surface area contributed by atoms with Gasteiger partial charge in [0.25, 0.3) is 0 Å². The highest BCUT2D eigenvalue weighted by molar-refractivity contribution is 6.11. The van der Waals surface area contributed by atoms with Crippen molar-refractivity contribution in [2.45, 2.75) is 0 Å². The third-order valence-corrected chi connectivity index (χ3v) is 10.9. The SMILES string of the molecule is [2H]c1c([2H])c([2H])c(-c2nc(-c3ccccc3)nc(-c3cc(-c4cc(-c5ccccc5)cc(-c5ccccc5)n4)ccc3-n3c4ccccc4c4cc(-c5ccccc5)ccc43)n2)c([2H])c1[2H]. The quantitative estimate of drug-likeness (QED) is 0.154. The van der Waals surface area contributed by atoms with Gasteiger partial charge >= 0.3 is 0 Å². The zero-order valence-electron chi connectivity index (χ0n) is 37.7. The topological polar surface area (TPSA) is 56.5 Å². The second-order valence-corrected chi connectivity index (χ2v) is 14.7. The lowest BCUT2D eigenvalue weighted by Gasteiger charge is -2.17. The van der Waals surface area contributed by atoms with Gasteiger partial charge in [-0.05, 0) is 64.7 Å². The van der Waals surface area contributed by atoms with Crippen molar-refractivity contribution in [1.29, 1.82) is 0 Å². The van der Waals surface area contributed by atoms with Crippen molar-refractivity contribution in [3.63, 3.8) is 0 Å². The highest BCUT2D eigenvalue weighted by Gasteiger charge is 2.21. The highest BCUT2D eigenvalue weighted by Crippen LogP contribution is 2.40. The van der Waals surface area contributed by atoms with Crippen molar-refractivity contribution in [1.82, 2.24) is 24.5 Å². The van der Waals surface area contributed by atoms with Crippen LogP contribution in [0.2, 0.25) is 0 Å². The number of aromatic nitrogens is 5. The van der Waals surface area contributed by atoms with E-state index in [0.717, 1.165) is 72.3 Å². The molecule has 0 N–H and O–H groups in total. The Morgan fingerprint density at radius 2 is 0.852 bits per heavy atom. The van der Waals surface area contributed by atoms with Gasteiger partial charge in [0.2, 0.25) is 0 Å². The van der Waals surface area contributed by atoms with Crippen LogP contribution in [0.4, 0.5) is 0 Å². The normalized spacial score (nSPS) is 12.4. The number of rotatable bonds is 8. The lowest BCUT2D eigenvalue weighted by molar-refractivity contribution is 1.06. The molecule has 5 heteroatoms. The molecule has 0 aliphatic carbocycles. The van der Waals surface area contributed by atoms with E-state index < -0.39 is 30.2 Å². The molecule has 0 saturated heterocycles. The predicted molar refractivity (Wildman–Crippen MR) is 250 cm³/mol. The Morgan fingerprint density at radius 1 is 0.328 bits per heavy atom. The summed E-state index contributed by atoms with van der Waals surface area (Å²) in [6.07, 6.45) is 0. The number of pyridine rings is 1. The minimum atomic E-state index is -0.497. The Balaban J connectivity index is 1.22. The van der Waals surface area contributed by atoms with Gasteiger partial charge in [0, 0.05) is 38.6 Å². The molecule has 0 aliphatic heterocycles. The van der Waals surface area contributed by atoms with Crippen LogP contribution in [0, 0.1) is 0 Å². The molecule has 5 nitrogen and oxygen atoms in total. The maximum atomic E-state index is 8.98. The molecule has 0 spiro atoms. The number of fused-ring (bicyclic) bond motifs is 3. The molecule has 0 saturated carbocycles. The molecule has 0 unspecified atom stereocenters. The molecule has 61 heavy (non-hydrogen) atoms. The minimum Gasteiger partial charge on any atom is -0.309 e. The molecular formula is C56H37N5. The zero-order chi connectivity index (χ0) is 44.9. The highest BCUT2D eigenvalue weighted by atomic mass is 15.1. The van der Waals surface area contributed by atoms with Gasteiger partial charge in [0.1, 0.15) is 0 Å². The number of nitrogens with zero attached hydrogens (tertiary/aromatic N) is 5. The zero-order valence-corrected chi connectivity index (χ0v) is 32.7. The van der Waals surface area contributed by atoms with E-state index >= 15 is 0 Å². The summed E-state index contributed by atoms with van der Waals surface area (Å²) in [6, 6.07) is 63.0. The molecule has 0 aliphatic rings. The molecule has 8 aromatic carbocycles. The smallest absolute Gasteiger partial charge is 0.166 e. The predicted octanol–water partition coefficient (Wildman–Crippen LogP) is 14.0. The first-order valence-electron chi connectivity index (χ1n) is 22.6. The van der Waals surface area contributed by atoms with Gasteiger partial charge in [-0.25, -0.2) is 19.9 Å². The summed E-state index contributed by atoms with van der Waals surface area (Å²) < 4.78 is 45.7. The maximum Gasteiger partial charge on any atom is 0.166 e. The van der Waals surface area contributed by atoms with Crippen molar-refractivity contribution in [3.05, 3.63) is 224 Å². The molecule has 0 amide bonds. The fraction of sp³-hybridized carbons (Fsp3) is 0. The van der Waals surface area contributed by atoms with Crippen LogP contribution in [-0.2, 0) is 0 Å². The molecule has 0 radical (unpaired) electrons. The molecule has 0 bridgehead atoms. The molecule has 0 atom stereocenters. The van der Waals surface area contributed by atoms with Gasteiger partial charge in [-0.1, -0.05) is 182 Å². The second kappa shape index (κ2) is 15.5. The Morgan fingerprint density at radius 3 is 1.54 bits per heavy atom. The van der Waals surface area contributed by atoms with Crippen LogP contribution in [0.25, 0.3) is 106 Å². The fourth-order valence-corrected chi connectivity index (χ4v) is 8.03. The summed E-state index contributed by atoms with van der Waals surface area (Å²) in [5.74, 6) is 0.485. The first-order valence-corrected chi connectivity index (χ1v) is 20.1. The molecule has 0 fully saturated rings. The fourth-order valence-electron chi connectivity index (χ4n) is 8.03. The Kier molecular flexibility index (Phi) is 7.80. The first-order chi connectivity index (χ1) is 32.3. The standard InChI is InChI=1S/C56H37N5/c1-6-18-38(19-7-1)43-30-32-52-47(34-43)46-28-16-17-29-51(46)61(52)53-33-31-44(50-37-45(39-20-8-2-9-21-39)36-49(57-50)40-22-10-3-11-23-40)35-48(53)56-59-54(41-24-12-4-13-25-41)58-55(60-56)42-26-14-5-15-27-42/h1-37H/i4D,12D,13D,24D,25D. The van der Waals surface area contributed by atoms with Gasteiger partial charge in [-0.3, -0.25) is 0 Å². The van der Waals surface area contributed by atoms with Crippen LogP contribution >= 0.6 is 0 Å². The number of hydrogen-bond acceptors (Lipinski definition) is 4. The number of benzene rings is 8. The van der Waals surface area contributed by atoms with Crippen LogP contribution in [0.15, 0.2) is 224 Å². The van der Waals surface area contributed by atoms with Crippen molar-refractivity contribution in [2.75, 3.05) is 0 Å². The van der Waals surface area contributed by atoms with E-state index in [0.29, 0.717) is 11.1 Å². The molecule has 286 valence electrons. The van der Waals surface area contributed by atoms with Gasteiger partial charge in [0.05, 0.1) is 35.0 Å². The lowest BCUT2D eigenvalue weighted by atomic mass is 9.98. The van der Waals surface area contributed by atoms with E-state index in [1.807, 2.05) is 103 Å². The van der Waals surface area contributed by atoms with Crippen molar-refractivity contribution in [3.8, 4) is 84.6 Å². The summed E-state index contributed by atoms with van der Waals surface area (Å²) in [7, 11) is 0. The summed E-state index contributed by atoms with van der Waals surface area (Å²) >= 11 is 0. The van der Waals surface area contributed by atoms with Crippen LogP contribution in [0.5, 0.6) is 0 Å². The molecule has 11 aromatic rings. The van der Waals surface area contributed by atoms with E-state index in [1.165, 1.54) is 0 Å². The summed E-state index contributed by atoms with van der Waals surface area (Å²) in [4.78, 5) is 20.3. The van der Waals surface area contributed by atoms with E-state index in [1.54, 1.807) is 0 Å². The van der Waals surface area contributed by atoms with Gasteiger partial charge in [-0.15, -0.1) is 0 Å². The van der Waals surface area contributed by atoms with Crippen LogP contribution in [0.3, 0.4) is 0 Å². The average molecular weight is 785 g/mol. The first kappa shape index (κ1) is 30.8. The molecular weight excluding hydrogens is 743 g/mol. The van der Waals surface area contributed by atoms with Crippen molar-refractivity contribution in [2.24, 2.45) is 0 Å². The number of para-hydroxylation sites is 1. The Bertz CT molecular complexity index is 3550. The summed E-state index contributed by atoms with van der Waals surface area (Å²) in [5.41, 5.74) is 11.4. The monoisotopic (exact) mass is 784 g/mol. The van der Waals surface area contributed by atoms with E-state index in [9.17, 15) is 0 Å².